The molecule has 5 rings (SSSR count). The van der Waals surface area contributed by atoms with Crippen LogP contribution in [0.3, 0.4) is 0 Å². The Balaban J connectivity index is 0.00000148. The van der Waals surface area contributed by atoms with Crippen molar-refractivity contribution >= 4 is 29.8 Å². The van der Waals surface area contributed by atoms with Crippen molar-refractivity contribution in [3.63, 3.8) is 0 Å². The SMILES string of the molecule is C=O.CC1CN(c2ccn3ncc(C(=O)Nc4cn(C5CCCCC5)nc4C(F)F)c3n2)CC(C)O1. The van der Waals surface area contributed by atoms with Crippen LogP contribution in [0.1, 0.15) is 74.5 Å². The van der Waals surface area contributed by atoms with Gasteiger partial charge in [-0.15, -0.1) is 0 Å². The first-order valence-electron chi connectivity index (χ1n) is 12.1. The van der Waals surface area contributed by atoms with E-state index in [1.165, 1.54) is 16.9 Å². The first kappa shape index (κ1) is 25.7. The van der Waals surface area contributed by atoms with E-state index < -0.39 is 18.0 Å². The quantitative estimate of drug-likeness (QED) is 0.560. The fourth-order valence-corrected chi connectivity index (χ4v) is 4.95. The van der Waals surface area contributed by atoms with E-state index in [1.807, 2.05) is 26.7 Å². The van der Waals surface area contributed by atoms with Crippen LogP contribution in [0.2, 0.25) is 0 Å². The summed E-state index contributed by atoms with van der Waals surface area (Å²) in [5.41, 5.74) is 0.180. The number of aromatic nitrogens is 5. The van der Waals surface area contributed by atoms with Crippen molar-refractivity contribution in [2.75, 3.05) is 23.3 Å². The molecule has 3 aromatic heterocycles. The summed E-state index contributed by atoms with van der Waals surface area (Å²) in [6.07, 6.45) is 7.04. The van der Waals surface area contributed by atoms with E-state index >= 15 is 0 Å². The van der Waals surface area contributed by atoms with Gasteiger partial charge < -0.3 is 19.7 Å². The number of alkyl halides is 2. The largest absolute Gasteiger partial charge is 0.372 e. The normalized spacial score (nSPS) is 20.9. The Hall–Kier alpha value is -3.41. The van der Waals surface area contributed by atoms with Crippen molar-refractivity contribution in [3.05, 3.63) is 35.9 Å². The molecule has 0 aromatic carbocycles. The Bertz CT molecular complexity index is 1180. The highest BCUT2D eigenvalue weighted by Gasteiger charge is 2.27. The predicted molar refractivity (Wildman–Crippen MR) is 130 cm³/mol. The van der Waals surface area contributed by atoms with Crippen LogP contribution in [0.4, 0.5) is 20.3 Å². The van der Waals surface area contributed by atoms with Gasteiger partial charge in [0.2, 0.25) is 0 Å². The molecule has 1 amide bonds. The van der Waals surface area contributed by atoms with Crippen LogP contribution in [0.5, 0.6) is 0 Å². The lowest BCUT2D eigenvalue weighted by atomic mass is 9.96. The number of anilines is 2. The van der Waals surface area contributed by atoms with Crippen LogP contribution < -0.4 is 10.2 Å². The summed E-state index contributed by atoms with van der Waals surface area (Å²) >= 11 is 0. The molecule has 3 aromatic rings. The van der Waals surface area contributed by atoms with Crippen molar-refractivity contribution < 1.29 is 23.1 Å². The summed E-state index contributed by atoms with van der Waals surface area (Å²) in [6, 6.07) is 1.92. The first-order chi connectivity index (χ1) is 17.4. The molecule has 194 valence electrons. The number of nitrogens with zero attached hydrogens (tertiary/aromatic N) is 6. The third-order valence-electron chi connectivity index (χ3n) is 6.51. The third-order valence-corrected chi connectivity index (χ3v) is 6.51. The Morgan fingerprint density at radius 2 is 1.86 bits per heavy atom. The van der Waals surface area contributed by atoms with Crippen molar-refractivity contribution in [2.24, 2.45) is 0 Å². The maximum Gasteiger partial charge on any atom is 0.284 e. The molecule has 2 atom stereocenters. The van der Waals surface area contributed by atoms with Gasteiger partial charge in [0.1, 0.15) is 18.2 Å². The fraction of sp³-hybridized carbons (Fsp3) is 0.542. The molecule has 0 radical (unpaired) electrons. The summed E-state index contributed by atoms with van der Waals surface area (Å²) in [4.78, 5) is 27.9. The standard InChI is InChI=1S/C23H29F2N7O2.CH2O/c1-14-11-30(12-15(2)34-14)19-8-9-31-22(28-19)17(10-26-31)23(33)27-18-13-32(29-20(18)21(24)25)16-6-4-3-5-7-16;1-2/h8-10,13-16,21H,3-7,11-12H2,1-2H3,(H,27,33);1H2. The number of halogens is 2. The Labute approximate surface area is 207 Å². The lowest BCUT2D eigenvalue weighted by molar-refractivity contribution is -0.0980. The van der Waals surface area contributed by atoms with E-state index in [1.54, 1.807) is 10.9 Å². The van der Waals surface area contributed by atoms with Crippen LogP contribution >= 0.6 is 0 Å². The molecule has 2 fully saturated rings. The summed E-state index contributed by atoms with van der Waals surface area (Å²) in [5, 5.41) is 11.0. The van der Waals surface area contributed by atoms with Crippen molar-refractivity contribution in [3.8, 4) is 0 Å². The van der Waals surface area contributed by atoms with E-state index in [0.29, 0.717) is 24.6 Å². The lowest BCUT2D eigenvalue weighted by Crippen LogP contribution is -2.45. The zero-order valence-electron chi connectivity index (χ0n) is 20.4. The highest BCUT2D eigenvalue weighted by Crippen LogP contribution is 2.32. The third kappa shape index (κ3) is 5.38. The summed E-state index contributed by atoms with van der Waals surface area (Å²) in [6.45, 7) is 7.38. The fourth-order valence-electron chi connectivity index (χ4n) is 4.95. The smallest absolute Gasteiger partial charge is 0.284 e. The molecular formula is C24H31F2N7O3. The average Bonchev–Trinajstić information content (AvgIpc) is 3.49. The second-order valence-electron chi connectivity index (χ2n) is 9.23. The number of fused-ring (bicyclic) bond motifs is 1. The molecule has 0 spiro atoms. The number of ether oxygens (including phenoxy) is 1. The van der Waals surface area contributed by atoms with Gasteiger partial charge in [-0.05, 0) is 32.8 Å². The number of rotatable bonds is 5. The number of hydrogen-bond donors (Lipinski definition) is 1. The van der Waals surface area contributed by atoms with Gasteiger partial charge in [-0.2, -0.15) is 10.2 Å². The molecule has 1 aliphatic carbocycles. The van der Waals surface area contributed by atoms with Crippen LogP contribution in [0, 0.1) is 0 Å². The highest BCUT2D eigenvalue weighted by molar-refractivity contribution is 6.08. The van der Waals surface area contributed by atoms with E-state index in [0.717, 1.165) is 32.1 Å². The topological polar surface area (TPSA) is 107 Å². The minimum Gasteiger partial charge on any atom is -0.372 e. The maximum absolute atomic E-state index is 13.7. The van der Waals surface area contributed by atoms with Gasteiger partial charge in [-0.25, -0.2) is 18.3 Å². The average molecular weight is 504 g/mol. The molecule has 1 aliphatic heterocycles. The zero-order valence-corrected chi connectivity index (χ0v) is 20.4. The van der Waals surface area contributed by atoms with Gasteiger partial charge >= 0.3 is 0 Å². The molecule has 1 N–H and O–H groups in total. The molecule has 1 saturated heterocycles. The minimum absolute atomic E-state index is 0.0249. The molecule has 2 unspecified atom stereocenters. The molecule has 2 aliphatic rings. The number of amides is 1. The Morgan fingerprint density at radius 3 is 2.53 bits per heavy atom. The number of nitrogens with one attached hydrogen (secondary N) is 1. The van der Waals surface area contributed by atoms with E-state index in [9.17, 15) is 13.6 Å². The summed E-state index contributed by atoms with van der Waals surface area (Å²) < 4.78 is 36.3. The van der Waals surface area contributed by atoms with Gasteiger partial charge in [0, 0.05) is 25.5 Å². The molecule has 0 bridgehead atoms. The molecule has 10 nitrogen and oxygen atoms in total. The minimum atomic E-state index is -2.79. The lowest BCUT2D eigenvalue weighted by Gasteiger charge is -2.36. The number of hydrogen-bond acceptors (Lipinski definition) is 7. The second-order valence-corrected chi connectivity index (χ2v) is 9.23. The summed E-state index contributed by atoms with van der Waals surface area (Å²) in [5.74, 6) is 0.163. The number of carbonyl (C=O) groups excluding carboxylic acids is 2. The van der Waals surface area contributed by atoms with Crippen molar-refractivity contribution in [1.82, 2.24) is 24.4 Å². The van der Waals surface area contributed by atoms with Crippen molar-refractivity contribution in [2.45, 2.75) is 70.6 Å². The van der Waals surface area contributed by atoms with Gasteiger partial charge in [-0.3, -0.25) is 9.48 Å². The molecule has 1 saturated carbocycles. The van der Waals surface area contributed by atoms with E-state index in [4.69, 9.17) is 9.53 Å². The summed E-state index contributed by atoms with van der Waals surface area (Å²) in [7, 11) is 0. The monoisotopic (exact) mass is 503 g/mol. The first-order valence-corrected chi connectivity index (χ1v) is 12.1. The van der Waals surface area contributed by atoms with Crippen molar-refractivity contribution in [1.29, 1.82) is 0 Å². The van der Waals surface area contributed by atoms with Gasteiger partial charge in [-0.1, -0.05) is 19.3 Å². The van der Waals surface area contributed by atoms with Gasteiger partial charge in [0.15, 0.2) is 11.3 Å². The molecule has 12 heteroatoms. The van der Waals surface area contributed by atoms with Crippen LogP contribution in [-0.4, -0.2) is 62.4 Å². The predicted octanol–water partition coefficient (Wildman–Crippen LogP) is 4.05. The number of carbonyl (C=O) groups is 2. The van der Waals surface area contributed by atoms with E-state index in [2.05, 4.69) is 25.4 Å². The molecule has 36 heavy (non-hydrogen) atoms. The van der Waals surface area contributed by atoms with Gasteiger partial charge in [0.05, 0.1) is 30.1 Å². The molecule has 4 heterocycles. The van der Waals surface area contributed by atoms with E-state index in [-0.39, 0.29) is 29.5 Å². The molecular weight excluding hydrogens is 472 g/mol. The Kier molecular flexibility index (Phi) is 7.92. The van der Waals surface area contributed by atoms with Crippen LogP contribution in [0.25, 0.3) is 5.65 Å². The van der Waals surface area contributed by atoms with Gasteiger partial charge in [0.25, 0.3) is 12.3 Å². The Morgan fingerprint density at radius 1 is 1.17 bits per heavy atom. The van der Waals surface area contributed by atoms with Crippen LogP contribution in [0.15, 0.2) is 24.7 Å². The highest BCUT2D eigenvalue weighted by atomic mass is 19.3. The maximum atomic E-state index is 13.7. The van der Waals surface area contributed by atoms with Crippen LogP contribution in [-0.2, 0) is 9.53 Å². The second kappa shape index (κ2) is 11.1. The number of morpholine rings is 1. The zero-order chi connectivity index (χ0) is 25.8.